The predicted molar refractivity (Wildman–Crippen MR) is 58.7 cm³/mol. The molecule has 0 aromatic heterocycles. The van der Waals surface area contributed by atoms with Gasteiger partial charge in [0.15, 0.2) is 0 Å². The Morgan fingerprint density at radius 3 is 2.83 bits per heavy atom. The van der Waals surface area contributed by atoms with Gasteiger partial charge in [-0.2, -0.15) is 0 Å². The van der Waals surface area contributed by atoms with E-state index in [-0.39, 0.29) is 0 Å². The molecule has 0 aliphatic heterocycles. The van der Waals surface area contributed by atoms with Crippen LogP contribution in [0.2, 0.25) is 5.02 Å². The van der Waals surface area contributed by atoms with Gasteiger partial charge in [0.2, 0.25) is 0 Å². The summed E-state index contributed by atoms with van der Waals surface area (Å²) in [6, 6.07) is 5.58. The van der Waals surface area contributed by atoms with E-state index in [1.807, 2.05) is 24.3 Å². The summed E-state index contributed by atoms with van der Waals surface area (Å²) in [5.41, 5.74) is 7.23. The monoisotopic (exact) mass is 245 g/mol. The molecule has 0 amide bonds. The molecule has 0 radical (unpaired) electrons. The molecule has 0 atom stereocenters. The maximum atomic E-state index is 5.82. The topological polar surface area (TPSA) is 26.0 Å². The molecule has 0 aliphatic carbocycles. The third kappa shape index (κ3) is 2.54. The summed E-state index contributed by atoms with van der Waals surface area (Å²) in [5.74, 6) is 0. The van der Waals surface area contributed by atoms with Gasteiger partial charge in [0.05, 0.1) is 10.7 Å². The summed E-state index contributed by atoms with van der Waals surface area (Å²) < 4.78 is 0. The van der Waals surface area contributed by atoms with E-state index in [4.69, 9.17) is 17.3 Å². The van der Waals surface area contributed by atoms with Crippen molar-refractivity contribution in [1.29, 1.82) is 0 Å². The molecule has 0 saturated heterocycles. The number of hydrogen-bond donors (Lipinski definition) is 1. The molecule has 0 bridgehead atoms. The summed E-state index contributed by atoms with van der Waals surface area (Å²) in [5, 5.41) is 1.45. The maximum absolute atomic E-state index is 5.82. The highest BCUT2D eigenvalue weighted by Gasteiger charge is 1.94. The Balaban J connectivity index is 2.89. The van der Waals surface area contributed by atoms with Crippen LogP contribution in [0.1, 0.15) is 5.56 Å². The lowest BCUT2D eigenvalue weighted by Crippen LogP contribution is -1.85. The third-order valence-corrected chi connectivity index (χ3v) is 2.13. The lowest BCUT2D eigenvalue weighted by molar-refractivity contribution is 1.63. The zero-order valence-electron chi connectivity index (χ0n) is 6.43. The largest absolute Gasteiger partial charge is 0.398 e. The van der Waals surface area contributed by atoms with Crippen molar-refractivity contribution in [3.05, 3.63) is 34.9 Å². The third-order valence-electron chi connectivity index (χ3n) is 1.42. The first-order valence-corrected chi connectivity index (χ1v) is 5.01. The Hall–Kier alpha value is -0.470. The Morgan fingerprint density at radius 2 is 2.25 bits per heavy atom. The Labute approximate surface area is 85.3 Å². The highest BCUT2D eigenvalue weighted by molar-refractivity contribution is 9.09. The molecule has 2 N–H and O–H groups in total. The quantitative estimate of drug-likeness (QED) is 0.629. The van der Waals surface area contributed by atoms with Gasteiger partial charge in [-0.3, -0.25) is 0 Å². The molecule has 0 heterocycles. The average Bonchev–Trinajstić information content (AvgIpc) is 2.07. The molecule has 1 rings (SSSR count). The van der Waals surface area contributed by atoms with Gasteiger partial charge < -0.3 is 5.73 Å². The SMILES string of the molecule is Nc1ccc(C=CCBr)cc1Cl. The van der Waals surface area contributed by atoms with Gasteiger partial charge in [-0.05, 0) is 17.7 Å². The zero-order chi connectivity index (χ0) is 8.97. The van der Waals surface area contributed by atoms with Crippen LogP contribution in [0.4, 0.5) is 5.69 Å². The smallest absolute Gasteiger partial charge is 0.0641 e. The molecule has 0 fully saturated rings. The van der Waals surface area contributed by atoms with E-state index in [0.29, 0.717) is 10.7 Å². The maximum Gasteiger partial charge on any atom is 0.0641 e. The molecule has 64 valence electrons. The van der Waals surface area contributed by atoms with E-state index >= 15 is 0 Å². The van der Waals surface area contributed by atoms with Crippen molar-refractivity contribution in [2.45, 2.75) is 0 Å². The predicted octanol–water partition coefficient (Wildman–Crippen LogP) is 3.33. The van der Waals surface area contributed by atoms with Crippen LogP contribution in [0.15, 0.2) is 24.3 Å². The fourth-order valence-corrected chi connectivity index (χ4v) is 1.20. The number of anilines is 1. The first-order valence-electron chi connectivity index (χ1n) is 3.51. The molecule has 1 nitrogen and oxygen atoms in total. The molecule has 0 spiro atoms. The van der Waals surface area contributed by atoms with Gasteiger partial charge in [-0.15, -0.1) is 0 Å². The molecule has 1 aromatic carbocycles. The van der Waals surface area contributed by atoms with E-state index < -0.39 is 0 Å². The summed E-state index contributed by atoms with van der Waals surface area (Å²) >= 11 is 9.12. The Morgan fingerprint density at radius 1 is 1.50 bits per heavy atom. The lowest BCUT2D eigenvalue weighted by Gasteiger charge is -1.98. The number of nitrogen functional groups attached to an aromatic ring is 1. The second-order valence-electron chi connectivity index (χ2n) is 2.34. The minimum absolute atomic E-state index is 0.603. The van der Waals surface area contributed by atoms with E-state index in [0.717, 1.165) is 10.9 Å². The minimum atomic E-state index is 0.603. The van der Waals surface area contributed by atoms with Gasteiger partial charge in [-0.1, -0.05) is 45.7 Å². The fourth-order valence-electron chi connectivity index (χ4n) is 0.828. The van der Waals surface area contributed by atoms with Crippen molar-refractivity contribution < 1.29 is 0 Å². The number of rotatable bonds is 2. The van der Waals surface area contributed by atoms with Crippen molar-refractivity contribution in [1.82, 2.24) is 0 Å². The van der Waals surface area contributed by atoms with Gasteiger partial charge in [0.1, 0.15) is 0 Å². The number of nitrogens with two attached hydrogens (primary N) is 1. The molecule has 12 heavy (non-hydrogen) atoms. The molecular formula is C9H9BrClN. The normalized spacial score (nSPS) is 10.8. The summed E-state index contributed by atoms with van der Waals surface area (Å²) in [4.78, 5) is 0. The lowest BCUT2D eigenvalue weighted by atomic mass is 10.2. The molecule has 0 saturated carbocycles. The highest BCUT2D eigenvalue weighted by atomic mass is 79.9. The molecule has 1 aromatic rings. The van der Waals surface area contributed by atoms with Crippen LogP contribution in [0.3, 0.4) is 0 Å². The number of alkyl halides is 1. The molecule has 0 aliphatic rings. The van der Waals surface area contributed by atoms with Crippen LogP contribution in [-0.4, -0.2) is 5.33 Å². The Bertz CT molecular complexity index is 297. The van der Waals surface area contributed by atoms with E-state index in [1.165, 1.54) is 0 Å². The van der Waals surface area contributed by atoms with Crippen molar-refractivity contribution in [2.75, 3.05) is 11.1 Å². The molecule has 0 unspecified atom stereocenters. The summed E-state index contributed by atoms with van der Waals surface area (Å²) in [7, 11) is 0. The fraction of sp³-hybridized carbons (Fsp3) is 0.111. The van der Waals surface area contributed by atoms with Crippen molar-refractivity contribution in [3.8, 4) is 0 Å². The summed E-state index contributed by atoms with van der Waals surface area (Å²) in [6.07, 6.45) is 3.99. The van der Waals surface area contributed by atoms with Crippen LogP contribution < -0.4 is 5.73 Å². The first kappa shape index (κ1) is 9.62. The Kier molecular flexibility index (Phi) is 3.63. The highest BCUT2D eigenvalue weighted by Crippen LogP contribution is 2.20. The second-order valence-corrected chi connectivity index (χ2v) is 3.39. The number of allylic oxidation sites excluding steroid dienone is 1. The van der Waals surface area contributed by atoms with Crippen molar-refractivity contribution >= 4 is 39.3 Å². The van der Waals surface area contributed by atoms with Crippen LogP contribution in [0.25, 0.3) is 6.08 Å². The molecule has 3 heteroatoms. The minimum Gasteiger partial charge on any atom is -0.398 e. The van der Waals surface area contributed by atoms with Crippen molar-refractivity contribution in [2.24, 2.45) is 0 Å². The second kappa shape index (κ2) is 4.53. The number of halogens is 2. The van der Waals surface area contributed by atoms with Crippen LogP contribution in [0, 0.1) is 0 Å². The van der Waals surface area contributed by atoms with Gasteiger partial charge in [0, 0.05) is 5.33 Å². The standard InChI is InChI=1S/C9H9BrClN/c10-5-1-2-7-3-4-9(12)8(11)6-7/h1-4,6H,5,12H2. The zero-order valence-corrected chi connectivity index (χ0v) is 8.77. The van der Waals surface area contributed by atoms with Gasteiger partial charge >= 0.3 is 0 Å². The van der Waals surface area contributed by atoms with Crippen LogP contribution in [0.5, 0.6) is 0 Å². The van der Waals surface area contributed by atoms with E-state index in [2.05, 4.69) is 15.9 Å². The van der Waals surface area contributed by atoms with E-state index in [9.17, 15) is 0 Å². The number of hydrogen-bond acceptors (Lipinski definition) is 1. The first-order chi connectivity index (χ1) is 5.74. The average molecular weight is 247 g/mol. The van der Waals surface area contributed by atoms with Gasteiger partial charge in [0.25, 0.3) is 0 Å². The van der Waals surface area contributed by atoms with E-state index in [1.54, 1.807) is 6.07 Å². The number of benzene rings is 1. The summed E-state index contributed by atoms with van der Waals surface area (Å²) in [6.45, 7) is 0. The van der Waals surface area contributed by atoms with Crippen LogP contribution in [-0.2, 0) is 0 Å². The van der Waals surface area contributed by atoms with Gasteiger partial charge in [-0.25, -0.2) is 0 Å². The van der Waals surface area contributed by atoms with Crippen molar-refractivity contribution in [3.63, 3.8) is 0 Å². The molecular weight excluding hydrogens is 237 g/mol. The van der Waals surface area contributed by atoms with Crippen LogP contribution >= 0.6 is 27.5 Å².